The highest BCUT2D eigenvalue weighted by Gasteiger charge is 2.32. The summed E-state index contributed by atoms with van der Waals surface area (Å²) in [5.74, 6) is 0.431. The zero-order valence-electron chi connectivity index (χ0n) is 12.3. The maximum atomic E-state index is 11.2. The molecule has 0 heterocycles. The zero-order chi connectivity index (χ0) is 13.8. The van der Waals surface area contributed by atoms with Gasteiger partial charge in [0.25, 0.3) is 0 Å². The van der Waals surface area contributed by atoms with E-state index in [1.54, 1.807) is 13.0 Å². The first kappa shape index (κ1) is 15.2. The second-order valence-electron chi connectivity index (χ2n) is 6.25. The number of hydrogen-bond acceptors (Lipinski definition) is 3. The summed E-state index contributed by atoms with van der Waals surface area (Å²) in [6, 6.07) is 0. The molecule has 0 radical (unpaired) electrons. The van der Waals surface area contributed by atoms with Gasteiger partial charge in [0, 0.05) is 5.57 Å². The molecule has 0 spiro atoms. The molecule has 1 aliphatic rings. The normalized spacial score (nSPS) is 27.9. The lowest BCUT2D eigenvalue weighted by molar-refractivity contribution is -0.136. The Morgan fingerprint density at radius 3 is 2.61 bits per heavy atom. The van der Waals surface area contributed by atoms with E-state index in [9.17, 15) is 4.79 Å². The molecule has 2 atom stereocenters. The molecule has 2 unspecified atom stereocenters. The molecule has 0 bridgehead atoms. The van der Waals surface area contributed by atoms with Crippen LogP contribution in [-0.4, -0.2) is 25.8 Å². The van der Waals surface area contributed by atoms with E-state index < -0.39 is 0 Å². The third-order valence-electron chi connectivity index (χ3n) is 3.58. The Kier molecular flexibility index (Phi) is 5.39. The summed E-state index contributed by atoms with van der Waals surface area (Å²) in [4.78, 5) is 11.2. The van der Waals surface area contributed by atoms with Gasteiger partial charge in [0.2, 0.25) is 0 Å². The molecule has 1 fully saturated rings. The van der Waals surface area contributed by atoms with Crippen molar-refractivity contribution in [1.82, 2.24) is 0 Å². The van der Waals surface area contributed by atoms with Gasteiger partial charge in [-0.2, -0.15) is 0 Å². The topological polar surface area (TPSA) is 35.5 Å². The van der Waals surface area contributed by atoms with Gasteiger partial charge in [0.1, 0.15) is 0 Å². The minimum absolute atomic E-state index is 0.282. The van der Waals surface area contributed by atoms with Crippen LogP contribution >= 0.6 is 0 Å². The molecule has 18 heavy (non-hydrogen) atoms. The molecular weight excluding hydrogens is 228 g/mol. The first-order valence-corrected chi connectivity index (χ1v) is 6.71. The molecular formula is C15H26O3. The van der Waals surface area contributed by atoms with Crippen molar-refractivity contribution in [3.63, 3.8) is 0 Å². The maximum Gasteiger partial charge on any atom is 0.333 e. The molecule has 3 heteroatoms. The number of methoxy groups -OCH3 is 1. The third-order valence-corrected chi connectivity index (χ3v) is 3.58. The molecule has 1 aliphatic carbocycles. The van der Waals surface area contributed by atoms with Crippen LogP contribution in [0.1, 0.15) is 47.0 Å². The van der Waals surface area contributed by atoms with Gasteiger partial charge in [0.05, 0.1) is 19.8 Å². The van der Waals surface area contributed by atoms with Crippen molar-refractivity contribution in [3.05, 3.63) is 11.6 Å². The van der Waals surface area contributed by atoms with Crippen LogP contribution in [0, 0.1) is 11.3 Å². The lowest BCUT2D eigenvalue weighted by atomic mass is 9.71. The smallest absolute Gasteiger partial charge is 0.333 e. The summed E-state index contributed by atoms with van der Waals surface area (Å²) in [6.45, 7) is 9.13. The number of rotatable bonds is 4. The summed E-state index contributed by atoms with van der Waals surface area (Å²) < 4.78 is 10.5. The van der Waals surface area contributed by atoms with Crippen LogP contribution in [0.15, 0.2) is 11.6 Å². The fourth-order valence-electron chi connectivity index (χ4n) is 2.94. The molecule has 0 aromatic heterocycles. The Morgan fingerprint density at radius 1 is 1.39 bits per heavy atom. The molecule has 0 saturated heterocycles. The average molecular weight is 254 g/mol. The van der Waals surface area contributed by atoms with Crippen molar-refractivity contribution in [2.24, 2.45) is 11.3 Å². The Bertz CT molecular complexity index is 318. The van der Waals surface area contributed by atoms with Crippen molar-refractivity contribution >= 4 is 5.97 Å². The summed E-state index contributed by atoms with van der Waals surface area (Å²) in [5.41, 5.74) is 0.976. The van der Waals surface area contributed by atoms with Crippen LogP contribution in [0.2, 0.25) is 0 Å². The van der Waals surface area contributed by atoms with Gasteiger partial charge in [-0.1, -0.05) is 20.8 Å². The first-order chi connectivity index (χ1) is 8.34. The molecule has 1 saturated carbocycles. The molecule has 0 aromatic carbocycles. The predicted molar refractivity (Wildman–Crippen MR) is 72.3 cm³/mol. The van der Waals surface area contributed by atoms with Crippen LogP contribution in [0.25, 0.3) is 0 Å². The Hall–Kier alpha value is -0.830. The molecule has 1 rings (SSSR count). The van der Waals surface area contributed by atoms with E-state index in [-0.39, 0.29) is 5.97 Å². The molecule has 0 N–H and O–H groups in total. The zero-order valence-corrected chi connectivity index (χ0v) is 12.3. The number of carbonyl (C=O) groups is 1. The highest BCUT2D eigenvalue weighted by atomic mass is 16.5. The minimum atomic E-state index is -0.282. The summed E-state index contributed by atoms with van der Waals surface area (Å²) in [7, 11) is 1.39. The van der Waals surface area contributed by atoms with Crippen LogP contribution in [0.5, 0.6) is 0 Å². The van der Waals surface area contributed by atoms with E-state index in [0.717, 1.165) is 12.8 Å². The van der Waals surface area contributed by atoms with Gasteiger partial charge in [-0.15, -0.1) is 0 Å². The highest BCUT2D eigenvalue weighted by Crippen LogP contribution is 2.39. The monoisotopic (exact) mass is 254 g/mol. The van der Waals surface area contributed by atoms with Crippen molar-refractivity contribution in [2.45, 2.75) is 53.1 Å². The lowest BCUT2D eigenvalue weighted by Crippen LogP contribution is -2.32. The van der Waals surface area contributed by atoms with Crippen molar-refractivity contribution < 1.29 is 14.3 Å². The molecule has 0 aromatic rings. The summed E-state index contributed by atoms with van der Waals surface area (Å²) in [6.07, 6.45) is 5.60. The fourth-order valence-corrected chi connectivity index (χ4v) is 2.94. The standard InChI is InChI=1S/C15H26O3/c1-11-8-13(10-15(3,4)9-11)18-7-6-12(2)14(16)17-5/h6,11,13H,7-10H2,1-5H3. The van der Waals surface area contributed by atoms with Gasteiger partial charge in [-0.05, 0) is 43.6 Å². The molecule has 0 amide bonds. The largest absolute Gasteiger partial charge is 0.466 e. The van der Waals surface area contributed by atoms with Crippen LogP contribution in [0.4, 0.5) is 0 Å². The van der Waals surface area contributed by atoms with E-state index in [1.807, 2.05) is 0 Å². The van der Waals surface area contributed by atoms with Gasteiger partial charge in [-0.3, -0.25) is 0 Å². The van der Waals surface area contributed by atoms with Crippen LogP contribution in [0.3, 0.4) is 0 Å². The van der Waals surface area contributed by atoms with Crippen molar-refractivity contribution in [2.75, 3.05) is 13.7 Å². The predicted octanol–water partition coefficient (Wildman–Crippen LogP) is 3.34. The Balaban J connectivity index is 2.42. The van der Waals surface area contributed by atoms with E-state index in [2.05, 4.69) is 25.5 Å². The second-order valence-corrected chi connectivity index (χ2v) is 6.25. The third kappa shape index (κ3) is 4.81. The van der Waals surface area contributed by atoms with E-state index in [0.29, 0.717) is 29.6 Å². The number of hydrogen-bond donors (Lipinski definition) is 0. The molecule has 0 aliphatic heterocycles. The van der Waals surface area contributed by atoms with Crippen LogP contribution < -0.4 is 0 Å². The molecule has 3 nitrogen and oxygen atoms in total. The summed E-state index contributed by atoms with van der Waals surface area (Å²) in [5, 5.41) is 0. The average Bonchev–Trinajstić information content (AvgIpc) is 2.25. The maximum absolute atomic E-state index is 11.2. The van der Waals surface area contributed by atoms with E-state index in [4.69, 9.17) is 4.74 Å². The Morgan fingerprint density at radius 2 is 2.06 bits per heavy atom. The number of carbonyl (C=O) groups excluding carboxylic acids is 1. The fraction of sp³-hybridized carbons (Fsp3) is 0.800. The van der Waals surface area contributed by atoms with E-state index >= 15 is 0 Å². The van der Waals surface area contributed by atoms with E-state index in [1.165, 1.54) is 13.5 Å². The second kappa shape index (κ2) is 6.37. The Labute approximate surface area is 111 Å². The van der Waals surface area contributed by atoms with Crippen molar-refractivity contribution in [3.8, 4) is 0 Å². The quantitative estimate of drug-likeness (QED) is 0.570. The number of esters is 1. The SMILES string of the molecule is COC(=O)C(C)=CCOC1CC(C)CC(C)(C)C1. The number of ether oxygens (including phenoxy) is 2. The summed E-state index contributed by atoms with van der Waals surface area (Å²) >= 11 is 0. The van der Waals surface area contributed by atoms with Gasteiger partial charge >= 0.3 is 5.97 Å². The lowest BCUT2D eigenvalue weighted by Gasteiger charge is -2.38. The minimum Gasteiger partial charge on any atom is -0.466 e. The van der Waals surface area contributed by atoms with Gasteiger partial charge in [0.15, 0.2) is 0 Å². The van der Waals surface area contributed by atoms with Gasteiger partial charge in [-0.25, -0.2) is 4.79 Å². The van der Waals surface area contributed by atoms with Crippen LogP contribution in [-0.2, 0) is 14.3 Å². The highest BCUT2D eigenvalue weighted by molar-refractivity contribution is 5.87. The van der Waals surface area contributed by atoms with Crippen molar-refractivity contribution in [1.29, 1.82) is 0 Å². The van der Waals surface area contributed by atoms with Gasteiger partial charge < -0.3 is 9.47 Å². The molecule has 104 valence electrons. The first-order valence-electron chi connectivity index (χ1n) is 6.71.